The van der Waals surface area contributed by atoms with Crippen molar-refractivity contribution in [1.82, 2.24) is 41.5 Å². The molecule has 446 valence electrons. The minimum absolute atomic E-state index is 0.0121. The van der Waals surface area contributed by atoms with E-state index in [2.05, 4.69) is 46.6 Å². The summed E-state index contributed by atoms with van der Waals surface area (Å²) in [5.41, 5.74) is 33.5. The van der Waals surface area contributed by atoms with Gasteiger partial charge in [-0.15, -0.1) is 0 Å². The number of aliphatic hydroxyl groups is 2. The number of hydrogen-bond acceptors (Lipinski definition) is 16. The molecule has 0 saturated carbocycles. The molecular weight excluding hydrogens is 1060 g/mol. The van der Waals surface area contributed by atoms with E-state index in [0.29, 0.717) is 30.0 Å². The Labute approximate surface area is 466 Å². The van der Waals surface area contributed by atoms with Crippen molar-refractivity contribution < 1.29 is 57.0 Å². The van der Waals surface area contributed by atoms with E-state index in [1.165, 1.54) is 17.9 Å². The molecule has 1 aliphatic rings. The largest absolute Gasteiger partial charge is 0.394 e. The number of likely N-dealkylation sites (tertiary alicyclic amines) is 1. The SMILES string of the molecule is CC(C)C[C@H](NS(=O)(=O)c1cccc2c(N(C)C)cccc12)C(=O)N1CCC[C@H]1C(=O)N[C@@H](CCCCN)C(=O)N[C@H](C(=O)NCC(=O)N[C@@H](CO)C(=O)N[C@@H](CCCN=C(N)N)C(=O)N[C@@H](CCCN=C(N)N)C(N)=O)[C@@H](C)O. The molecule has 29 nitrogen and oxygen atoms in total. The van der Waals surface area contributed by atoms with Crippen LogP contribution in [0.1, 0.15) is 85.0 Å². The van der Waals surface area contributed by atoms with Crippen molar-refractivity contribution >= 4 is 85.7 Å². The van der Waals surface area contributed by atoms with E-state index in [0.717, 1.165) is 5.69 Å². The zero-order valence-corrected chi connectivity index (χ0v) is 46.9. The van der Waals surface area contributed by atoms with Gasteiger partial charge in [0.2, 0.25) is 57.3 Å². The number of amides is 8. The summed E-state index contributed by atoms with van der Waals surface area (Å²) in [5, 5.41) is 36.4. The van der Waals surface area contributed by atoms with Crippen LogP contribution in [0, 0.1) is 5.92 Å². The van der Waals surface area contributed by atoms with Gasteiger partial charge in [0.1, 0.15) is 42.3 Å². The van der Waals surface area contributed by atoms with Gasteiger partial charge in [-0.05, 0) is 95.7 Å². The lowest BCUT2D eigenvalue weighted by Crippen LogP contribution is -2.60. The Balaban J connectivity index is 1.73. The zero-order valence-electron chi connectivity index (χ0n) is 46.1. The topological polar surface area (TPSA) is 483 Å². The highest BCUT2D eigenvalue weighted by Gasteiger charge is 2.41. The van der Waals surface area contributed by atoms with Crippen LogP contribution in [0.15, 0.2) is 51.3 Å². The van der Waals surface area contributed by atoms with E-state index >= 15 is 0 Å². The fraction of sp³-hybridized carbons (Fsp3) is 0.600. The summed E-state index contributed by atoms with van der Waals surface area (Å²) in [5.74, 6) is -7.70. The summed E-state index contributed by atoms with van der Waals surface area (Å²) in [7, 11) is -0.638. The first-order valence-electron chi connectivity index (χ1n) is 26.4. The number of anilines is 1. The Morgan fingerprint density at radius 1 is 0.713 bits per heavy atom. The standard InChI is InChI=1S/C50H83N17O12S/c1-28(2)25-35(65-80(78,79)39-20-9-13-30-31(39)14-8-18-37(30)66(4)5)48(77)67-24-12-19-38(67)46(75)63-33(15-6-7-21-51)44(73)64-41(29(3)69)47(76)59-26-40(70)60-36(27-68)45(74)62-34(17-11-23-58-50(55)56)43(72)61-32(42(52)71)16-10-22-57-49(53)54/h8-9,13-14,18,20,28-29,32-36,38,41,65,68-69H,6-7,10-12,15-17,19,21-27,51H2,1-5H3,(H2,52,71)(H,59,76)(H,60,70)(H,61,72)(H,62,74)(H,63,75)(H,64,73)(H4,53,54,57)(H4,55,56,58)/t29-,32+,33+,34+,35+,36+,38+,41+/m1/s1. The maximum absolute atomic E-state index is 14.4. The van der Waals surface area contributed by atoms with Crippen LogP contribution in [-0.4, -0.2) is 185 Å². The fourth-order valence-corrected chi connectivity index (χ4v) is 10.2. The average molecular weight is 1150 g/mol. The number of fused-ring (bicyclic) bond motifs is 1. The van der Waals surface area contributed by atoms with Crippen LogP contribution < -0.4 is 75.9 Å². The van der Waals surface area contributed by atoms with Gasteiger partial charge < -0.3 is 86.3 Å². The number of nitrogens with one attached hydrogen (secondary N) is 7. The van der Waals surface area contributed by atoms with Gasteiger partial charge in [-0.2, -0.15) is 4.72 Å². The second-order valence-electron chi connectivity index (χ2n) is 20.0. The molecule has 8 amide bonds. The molecule has 80 heavy (non-hydrogen) atoms. The fourth-order valence-electron chi connectivity index (χ4n) is 8.83. The minimum atomic E-state index is -4.32. The van der Waals surface area contributed by atoms with Crippen LogP contribution in [-0.2, 0) is 48.4 Å². The molecule has 2 aromatic carbocycles. The number of nitrogens with zero attached hydrogens (tertiary/aromatic N) is 4. The molecule has 30 heteroatoms. The second-order valence-corrected chi connectivity index (χ2v) is 21.7. The van der Waals surface area contributed by atoms with Crippen LogP contribution in [0.3, 0.4) is 0 Å². The number of rotatable bonds is 34. The van der Waals surface area contributed by atoms with Crippen LogP contribution in [0.25, 0.3) is 10.8 Å². The van der Waals surface area contributed by atoms with Gasteiger partial charge in [0.25, 0.3) is 0 Å². The number of carbonyl (C=O) groups is 8. The number of primary amides is 1. The molecule has 0 aliphatic carbocycles. The highest BCUT2D eigenvalue weighted by molar-refractivity contribution is 7.89. The number of aliphatic hydroxyl groups excluding tert-OH is 2. The van der Waals surface area contributed by atoms with Gasteiger partial charge in [-0.1, -0.05) is 38.1 Å². The van der Waals surface area contributed by atoms with Gasteiger partial charge in [0.15, 0.2) is 11.9 Å². The number of guanidine groups is 2. The predicted molar refractivity (Wildman–Crippen MR) is 300 cm³/mol. The van der Waals surface area contributed by atoms with Crippen LogP contribution in [0.5, 0.6) is 0 Å². The Morgan fingerprint density at radius 2 is 1.27 bits per heavy atom. The summed E-state index contributed by atoms with van der Waals surface area (Å²) in [4.78, 5) is 119. The maximum Gasteiger partial charge on any atom is 0.245 e. The van der Waals surface area contributed by atoms with Crippen molar-refractivity contribution in [3.05, 3.63) is 36.4 Å². The third-order valence-electron chi connectivity index (χ3n) is 12.9. The maximum atomic E-state index is 14.4. The second kappa shape index (κ2) is 32.6. The van der Waals surface area contributed by atoms with E-state index < -0.39 is 119 Å². The molecule has 0 unspecified atom stereocenters. The predicted octanol–water partition coefficient (Wildman–Crippen LogP) is -4.78. The third-order valence-corrected chi connectivity index (χ3v) is 14.4. The number of carbonyl (C=O) groups excluding carboxylic acids is 8. The molecule has 21 N–H and O–H groups in total. The zero-order chi connectivity index (χ0) is 59.9. The minimum Gasteiger partial charge on any atom is -0.394 e. The quantitative estimate of drug-likeness (QED) is 0.0178. The summed E-state index contributed by atoms with van der Waals surface area (Å²) in [6, 6.07) is 0.513. The lowest BCUT2D eigenvalue weighted by atomic mass is 10.0. The molecule has 1 heterocycles. The molecule has 1 fully saturated rings. The lowest BCUT2D eigenvalue weighted by molar-refractivity contribution is -0.141. The van der Waals surface area contributed by atoms with E-state index in [9.17, 15) is 57.0 Å². The van der Waals surface area contributed by atoms with Gasteiger partial charge in [-0.25, -0.2) is 8.42 Å². The molecule has 2 aromatic rings. The van der Waals surface area contributed by atoms with Gasteiger partial charge in [0.05, 0.1) is 24.2 Å². The molecule has 8 atom stereocenters. The number of hydrogen-bond donors (Lipinski definition) is 15. The Bertz CT molecular complexity index is 2630. The number of unbranched alkanes of at least 4 members (excludes halogenated alkanes) is 1. The number of benzene rings is 2. The van der Waals surface area contributed by atoms with Gasteiger partial charge in [-0.3, -0.25) is 48.3 Å². The van der Waals surface area contributed by atoms with Crippen molar-refractivity contribution in [2.75, 3.05) is 58.3 Å². The molecule has 1 saturated heterocycles. The number of aliphatic imine (C=N–C) groups is 2. The third kappa shape index (κ3) is 21.0. The Hall–Kier alpha value is -7.41. The molecule has 1 aliphatic heterocycles. The first kappa shape index (κ1) is 66.9. The summed E-state index contributed by atoms with van der Waals surface area (Å²) in [6.07, 6.45) is 0.204. The van der Waals surface area contributed by atoms with Crippen molar-refractivity contribution in [2.24, 2.45) is 50.3 Å². The van der Waals surface area contributed by atoms with E-state index in [4.69, 9.17) is 34.4 Å². The van der Waals surface area contributed by atoms with Crippen molar-refractivity contribution in [3.63, 3.8) is 0 Å². The van der Waals surface area contributed by atoms with Gasteiger partial charge >= 0.3 is 0 Å². The highest BCUT2D eigenvalue weighted by Crippen LogP contribution is 2.31. The van der Waals surface area contributed by atoms with Gasteiger partial charge in [0, 0.05) is 50.2 Å². The summed E-state index contributed by atoms with van der Waals surface area (Å²) < 4.78 is 30.9. The van der Waals surface area contributed by atoms with Crippen LogP contribution in [0.4, 0.5) is 5.69 Å². The first-order chi connectivity index (χ1) is 37.7. The van der Waals surface area contributed by atoms with E-state index in [-0.39, 0.29) is 93.9 Å². The smallest absolute Gasteiger partial charge is 0.245 e. The van der Waals surface area contributed by atoms with Crippen molar-refractivity contribution in [1.29, 1.82) is 0 Å². The molecule has 0 aromatic heterocycles. The van der Waals surface area contributed by atoms with E-state index in [1.54, 1.807) is 24.3 Å². The number of sulfonamides is 1. The molecule has 0 spiro atoms. The summed E-state index contributed by atoms with van der Waals surface area (Å²) >= 11 is 0. The Morgan fingerprint density at radius 3 is 1.85 bits per heavy atom. The van der Waals surface area contributed by atoms with Crippen LogP contribution in [0.2, 0.25) is 0 Å². The van der Waals surface area contributed by atoms with Crippen LogP contribution >= 0.6 is 0 Å². The molecule has 0 radical (unpaired) electrons. The first-order valence-corrected chi connectivity index (χ1v) is 27.9. The highest BCUT2D eigenvalue weighted by atomic mass is 32.2. The lowest BCUT2D eigenvalue weighted by Gasteiger charge is -2.31. The van der Waals surface area contributed by atoms with Crippen molar-refractivity contribution in [2.45, 2.75) is 138 Å². The van der Waals surface area contributed by atoms with Crippen molar-refractivity contribution in [3.8, 4) is 0 Å². The molecular formula is C50H83N17O12S. The van der Waals surface area contributed by atoms with E-state index in [1.807, 2.05) is 38.9 Å². The normalized spacial score (nSPS) is 15.9. The molecule has 3 rings (SSSR count). The summed E-state index contributed by atoms with van der Waals surface area (Å²) in [6.45, 7) is 3.54. The number of nitrogens with two attached hydrogens (primary N) is 6. The Kier molecular flexibility index (Phi) is 27.3. The average Bonchev–Trinajstić information content (AvgIpc) is 3.89. The molecule has 0 bridgehead atoms. The monoisotopic (exact) mass is 1150 g/mol.